The molecule has 7 heteroatoms. The van der Waals surface area contributed by atoms with E-state index < -0.39 is 11.6 Å². The monoisotopic (exact) mass is 332 g/mol. The van der Waals surface area contributed by atoms with Crippen molar-refractivity contribution in [3.05, 3.63) is 29.8 Å². The zero-order chi connectivity index (χ0) is 14.8. The van der Waals surface area contributed by atoms with Crippen molar-refractivity contribution in [3.63, 3.8) is 0 Å². The number of carbonyl (C=O) groups excluding carboxylic acids is 1. The molecule has 2 aliphatic heterocycles. The summed E-state index contributed by atoms with van der Waals surface area (Å²) in [6.45, 7) is 2.78. The van der Waals surface area contributed by atoms with Crippen LogP contribution < -0.4 is 10.1 Å². The van der Waals surface area contributed by atoms with Gasteiger partial charge in [-0.25, -0.2) is 8.78 Å². The van der Waals surface area contributed by atoms with Crippen LogP contribution in [0.4, 0.5) is 8.78 Å². The van der Waals surface area contributed by atoms with E-state index in [1.54, 1.807) is 0 Å². The molecule has 122 valence electrons. The molecule has 1 amide bonds. The van der Waals surface area contributed by atoms with E-state index in [1.807, 2.05) is 4.90 Å². The van der Waals surface area contributed by atoms with Gasteiger partial charge >= 0.3 is 0 Å². The van der Waals surface area contributed by atoms with Crippen LogP contribution in [-0.4, -0.2) is 43.1 Å². The first-order valence-corrected chi connectivity index (χ1v) is 7.24. The Hall–Kier alpha value is -1.40. The first-order valence-electron chi connectivity index (χ1n) is 7.24. The van der Waals surface area contributed by atoms with Crippen LogP contribution in [0.5, 0.6) is 5.75 Å². The molecule has 2 heterocycles. The van der Waals surface area contributed by atoms with Crippen molar-refractivity contribution in [2.45, 2.75) is 18.9 Å². The van der Waals surface area contributed by atoms with Crippen LogP contribution in [-0.2, 0) is 4.79 Å². The Morgan fingerprint density at radius 2 is 1.91 bits per heavy atom. The fraction of sp³-hybridized carbons (Fsp3) is 0.533. The normalized spacial score (nSPS) is 19.3. The lowest BCUT2D eigenvalue weighted by molar-refractivity contribution is -0.138. The standard InChI is InChI=1S/C15H18F2N2O2.ClH/c16-11-1-2-14(13(17)7-11)21-12-3-5-19(6-4-12)15(20)10-8-18-9-10;/h1-2,7,10,12,18H,3-6,8-9H2;1H. The van der Waals surface area contributed by atoms with Gasteiger partial charge in [0.05, 0.1) is 5.92 Å². The smallest absolute Gasteiger partial charge is 0.228 e. The minimum Gasteiger partial charge on any atom is -0.487 e. The molecule has 4 nitrogen and oxygen atoms in total. The lowest BCUT2D eigenvalue weighted by atomic mass is 9.99. The summed E-state index contributed by atoms with van der Waals surface area (Å²) >= 11 is 0. The second kappa shape index (κ2) is 7.24. The van der Waals surface area contributed by atoms with Gasteiger partial charge in [-0.3, -0.25) is 4.79 Å². The van der Waals surface area contributed by atoms with Crippen molar-refractivity contribution in [1.82, 2.24) is 10.2 Å². The van der Waals surface area contributed by atoms with Gasteiger partial charge in [0.25, 0.3) is 0 Å². The van der Waals surface area contributed by atoms with Gasteiger partial charge in [-0.05, 0) is 12.1 Å². The molecule has 0 bridgehead atoms. The lowest BCUT2D eigenvalue weighted by Crippen LogP contribution is -2.54. The molecule has 2 fully saturated rings. The third-order valence-electron chi connectivity index (χ3n) is 4.07. The molecule has 0 aromatic heterocycles. The highest BCUT2D eigenvalue weighted by Crippen LogP contribution is 2.23. The lowest BCUT2D eigenvalue weighted by Gasteiger charge is -2.36. The molecule has 0 unspecified atom stereocenters. The first kappa shape index (κ1) is 17.0. The first-order chi connectivity index (χ1) is 10.1. The molecule has 0 spiro atoms. The van der Waals surface area contributed by atoms with Gasteiger partial charge in [-0.2, -0.15) is 0 Å². The number of benzene rings is 1. The Morgan fingerprint density at radius 3 is 2.45 bits per heavy atom. The van der Waals surface area contributed by atoms with Crippen molar-refractivity contribution in [1.29, 1.82) is 0 Å². The van der Waals surface area contributed by atoms with Gasteiger partial charge < -0.3 is 15.0 Å². The van der Waals surface area contributed by atoms with Crippen molar-refractivity contribution < 1.29 is 18.3 Å². The fourth-order valence-electron chi connectivity index (χ4n) is 2.67. The number of hydrogen-bond donors (Lipinski definition) is 1. The fourth-order valence-corrected chi connectivity index (χ4v) is 2.67. The highest BCUT2D eigenvalue weighted by atomic mass is 35.5. The van der Waals surface area contributed by atoms with E-state index in [9.17, 15) is 13.6 Å². The molecule has 2 saturated heterocycles. The quantitative estimate of drug-likeness (QED) is 0.920. The molecule has 22 heavy (non-hydrogen) atoms. The van der Waals surface area contributed by atoms with E-state index in [0.29, 0.717) is 25.9 Å². The topological polar surface area (TPSA) is 41.6 Å². The van der Waals surface area contributed by atoms with Gasteiger partial charge in [0.2, 0.25) is 5.91 Å². The number of ether oxygens (including phenoxy) is 1. The molecule has 2 aliphatic rings. The average molecular weight is 333 g/mol. The highest BCUT2D eigenvalue weighted by Gasteiger charge is 2.32. The number of hydrogen-bond acceptors (Lipinski definition) is 3. The Kier molecular flexibility index (Phi) is 5.58. The van der Waals surface area contributed by atoms with Gasteiger partial charge in [0, 0.05) is 45.1 Å². The Balaban J connectivity index is 0.00000176. The van der Waals surface area contributed by atoms with E-state index in [0.717, 1.165) is 19.2 Å². The number of piperidine rings is 1. The molecular formula is C15H19ClF2N2O2. The summed E-state index contributed by atoms with van der Waals surface area (Å²) in [7, 11) is 0. The van der Waals surface area contributed by atoms with Gasteiger partial charge in [-0.15, -0.1) is 12.4 Å². The van der Waals surface area contributed by atoms with Gasteiger partial charge in [0.15, 0.2) is 11.6 Å². The highest BCUT2D eigenvalue weighted by molar-refractivity contribution is 5.85. The number of likely N-dealkylation sites (tertiary alicyclic amines) is 1. The van der Waals surface area contributed by atoms with Crippen LogP contribution >= 0.6 is 12.4 Å². The number of rotatable bonds is 3. The summed E-state index contributed by atoms with van der Waals surface area (Å²) in [5.41, 5.74) is 0. The Labute approximate surface area is 134 Å². The molecule has 1 N–H and O–H groups in total. The number of nitrogens with one attached hydrogen (secondary N) is 1. The molecule has 0 aliphatic carbocycles. The van der Waals surface area contributed by atoms with E-state index >= 15 is 0 Å². The number of halogens is 3. The Morgan fingerprint density at radius 1 is 1.23 bits per heavy atom. The van der Waals surface area contributed by atoms with Crippen LogP contribution in [0.2, 0.25) is 0 Å². The van der Waals surface area contributed by atoms with Gasteiger partial charge in [0.1, 0.15) is 11.9 Å². The minimum atomic E-state index is -0.686. The van der Waals surface area contributed by atoms with Crippen LogP contribution in [0, 0.1) is 17.6 Å². The van der Waals surface area contributed by atoms with Crippen molar-refractivity contribution in [2.24, 2.45) is 5.92 Å². The predicted molar refractivity (Wildman–Crippen MR) is 80.2 cm³/mol. The van der Waals surface area contributed by atoms with E-state index in [4.69, 9.17) is 4.74 Å². The number of nitrogens with zero attached hydrogens (tertiary/aromatic N) is 1. The summed E-state index contributed by atoms with van der Waals surface area (Å²) in [6, 6.07) is 3.31. The van der Waals surface area contributed by atoms with Crippen LogP contribution in [0.15, 0.2) is 18.2 Å². The molecule has 0 atom stereocenters. The number of amides is 1. The molecule has 3 rings (SSSR count). The summed E-state index contributed by atoms with van der Waals surface area (Å²) in [4.78, 5) is 13.9. The van der Waals surface area contributed by atoms with Gasteiger partial charge in [-0.1, -0.05) is 0 Å². The van der Waals surface area contributed by atoms with E-state index in [2.05, 4.69) is 5.32 Å². The summed E-state index contributed by atoms with van der Waals surface area (Å²) in [6.07, 6.45) is 1.21. The third-order valence-corrected chi connectivity index (χ3v) is 4.07. The maximum atomic E-state index is 13.5. The Bertz CT molecular complexity index is 532. The van der Waals surface area contributed by atoms with Crippen LogP contribution in [0.25, 0.3) is 0 Å². The SMILES string of the molecule is Cl.O=C(C1CNC1)N1CCC(Oc2ccc(F)cc2F)CC1. The molecule has 0 saturated carbocycles. The van der Waals surface area contributed by atoms with Crippen molar-refractivity contribution in [3.8, 4) is 5.75 Å². The predicted octanol–water partition coefficient (Wildman–Crippen LogP) is 1.98. The third kappa shape index (κ3) is 3.67. The van der Waals surface area contributed by atoms with Crippen molar-refractivity contribution >= 4 is 18.3 Å². The zero-order valence-corrected chi connectivity index (χ0v) is 12.9. The second-order valence-electron chi connectivity index (χ2n) is 5.57. The maximum absolute atomic E-state index is 13.5. The second-order valence-corrected chi connectivity index (χ2v) is 5.57. The van der Waals surface area contributed by atoms with Crippen LogP contribution in [0.3, 0.4) is 0 Å². The van der Waals surface area contributed by atoms with E-state index in [1.165, 1.54) is 12.1 Å². The molecule has 0 radical (unpaired) electrons. The average Bonchev–Trinajstić information content (AvgIpc) is 2.41. The van der Waals surface area contributed by atoms with Crippen molar-refractivity contribution in [2.75, 3.05) is 26.2 Å². The van der Waals surface area contributed by atoms with E-state index in [-0.39, 0.29) is 36.1 Å². The summed E-state index contributed by atoms with van der Waals surface area (Å²) in [5.74, 6) is -0.926. The minimum absolute atomic E-state index is 0. The summed E-state index contributed by atoms with van der Waals surface area (Å²) < 4.78 is 31.9. The largest absolute Gasteiger partial charge is 0.487 e. The number of carbonyl (C=O) groups is 1. The molecular weight excluding hydrogens is 314 g/mol. The maximum Gasteiger partial charge on any atom is 0.228 e. The molecule has 1 aromatic carbocycles. The summed E-state index contributed by atoms with van der Waals surface area (Å²) in [5, 5.41) is 3.09. The molecule has 1 aromatic rings. The van der Waals surface area contributed by atoms with Crippen LogP contribution in [0.1, 0.15) is 12.8 Å². The zero-order valence-electron chi connectivity index (χ0n) is 12.1.